The molecule has 0 bridgehead atoms. The number of carboxylic acid groups (broad SMARTS) is 1. The van der Waals surface area contributed by atoms with Crippen LogP contribution in [0.1, 0.15) is 54.4 Å². The fourth-order valence-corrected chi connectivity index (χ4v) is 4.67. The standard InChI is InChI=1S/C27H25F3O5/c28-27(29,30)35-20-10-7-18(8-11-20)17-34-24-21-6-2-1-5-19(21)9-12-22(24)23(31)13-16-26(25(32)33)14-3-4-15-26/h1-2,5-12H,3-4,13-17H2,(H,32,33). The summed E-state index contributed by atoms with van der Waals surface area (Å²) in [6, 6.07) is 16.2. The predicted octanol–water partition coefficient (Wildman–Crippen LogP) is 6.93. The van der Waals surface area contributed by atoms with E-state index in [1.54, 1.807) is 6.07 Å². The molecule has 184 valence electrons. The number of rotatable bonds is 9. The summed E-state index contributed by atoms with van der Waals surface area (Å²) in [5.74, 6) is -1.01. The van der Waals surface area contributed by atoms with E-state index in [0.717, 1.165) is 23.6 Å². The molecule has 0 spiro atoms. The molecule has 0 aromatic heterocycles. The molecule has 0 unspecified atom stereocenters. The van der Waals surface area contributed by atoms with Crippen LogP contribution >= 0.6 is 0 Å². The zero-order valence-electron chi connectivity index (χ0n) is 18.9. The zero-order valence-corrected chi connectivity index (χ0v) is 18.9. The summed E-state index contributed by atoms with van der Waals surface area (Å²) in [5, 5.41) is 11.3. The SMILES string of the molecule is O=C(CCC1(C(=O)O)CCCC1)c1ccc2ccccc2c1OCc1ccc(OC(F)(F)F)cc1. The molecule has 1 fully saturated rings. The van der Waals surface area contributed by atoms with Crippen molar-refractivity contribution in [2.75, 3.05) is 0 Å². The Morgan fingerprint density at radius 2 is 1.63 bits per heavy atom. The maximum atomic E-state index is 13.2. The minimum Gasteiger partial charge on any atom is -0.487 e. The molecule has 0 amide bonds. The van der Waals surface area contributed by atoms with Crippen LogP contribution in [0.2, 0.25) is 0 Å². The lowest BCUT2D eigenvalue weighted by Gasteiger charge is -2.23. The first kappa shape index (κ1) is 24.6. The van der Waals surface area contributed by atoms with E-state index in [-0.39, 0.29) is 31.0 Å². The fraction of sp³-hybridized carbons (Fsp3) is 0.333. The molecule has 0 saturated heterocycles. The summed E-state index contributed by atoms with van der Waals surface area (Å²) in [6.07, 6.45) is -1.57. The fourth-order valence-electron chi connectivity index (χ4n) is 4.67. The number of hydrogen-bond acceptors (Lipinski definition) is 4. The Morgan fingerprint density at radius 1 is 0.943 bits per heavy atom. The lowest BCUT2D eigenvalue weighted by Crippen LogP contribution is -2.28. The third-order valence-electron chi connectivity index (χ3n) is 6.57. The summed E-state index contributed by atoms with van der Waals surface area (Å²) in [4.78, 5) is 25.1. The van der Waals surface area contributed by atoms with E-state index < -0.39 is 17.7 Å². The van der Waals surface area contributed by atoms with Gasteiger partial charge in [0.05, 0.1) is 11.0 Å². The Balaban J connectivity index is 1.55. The minimum absolute atomic E-state index is 0.0274. The molecule has 5 nitrogen and oxygen atoms in total. The molecule has 0 atom stereocenters. The monoisotopic (exact) mass is 486 g/mol. The highest BCUT2D eigenvalue weighted by molar-refractivity contribution is 6.05. The van der Waals surface area contributed by atoms with Crippen LogP contribution in [0.5, 0.6) is 11.5 Å². The number of carboxylic acids is 1. The van der Waals surface area contributed by atoms with Gasteiger partial charge in [0.15, 0.2) is 5.78 Å². The number of ketones is 1. The van der Waals surface area contributed by atoms with Crippen molar-refractivity contribution in [3.05, 3.63) is 71.8 Å². The Hall–Kier alpha value is -3.55. The van der Waals surface area contributed by atoms with Crippen LogP contribution < -0.4 is 9.47 Å². The van der Waals surface area contributed by atoms with Crippen LogP contribution in [0.15, 0.2) is 60.7 Å². The summed E-state index contributed by atoms with van der Waals surface area (Å²) >= 11 is 0. The van der Waals surface area contributed by atoms with Gasteiger partial charge in [-0.2, -0.15) is 0 Å². The van der Waals surface area contributed by atoms with Gasteiger partial charge >= 0.3 is 12.3 Å². The van der Waals surface area contributed by atoms with E-state index in [4.69, 9.17) is 4.74 Å². The molecule has 1 N–H and O–H groups in total. The molecule has 3 aromatic rings. The van der Waals surface area contributed by atoms with Crippen molar-refractivity contribution in [1.82, 2.24) is 0 Å². The van der Waals surface area contributed by atoms with Crippen molar-refractivity contribution in [1.29, 1.82) is 0 Å². The number of carbonyl (C=O) groups is 2. The average Bonchev–Trinajstić information content (AvgIpc) is 3.31. The molecule has 0 radical (unpaired) electrons. The van der Waals surface area contributed by atoms with Gasteiger partial charge in [-0.3, -0.25) is 9.59 Å². The second-order valence-corrected chi connectivity index (χ2v) is 8.86. The van der Waals surface area contributed by atoms with E-state index in [2.05, 4.69) is 4.74 Å². The van der Waals surface area contributed by atoms with Gasteiger partial charge in [0, 0.05) is 11.8 Å². The number of hydrogen-bond donors (Lipinski definition) is 1. The first-order valence-corrected chi connectivity index (χ1v) is 11.4. The zero-order chi connectivity index (χ0) is 25.1. The second kappa shape index (κ2) is 9.98. The number of aliphatic carboxylic acids is 1. The van der Waals surface area contributed by atoms with Gasteiger partial charge in [0.2, 0.25) is 0 Å². The first-order valence-electron chi connectivity index (χ1n) is 11.4. The lowest BCUT2D eigenvalue weighted by molar-refractivity contribution is -0.274. The number of ether oxygens (including phenoxy) is 2. The largest absolute Gasteiger partial charge is 0.573 e. The van der Waals surface area contributed by atoms with Crippen molar-refractivity contribution in [3.8, 4) is 11.5 Å². The van der Waals surface area contributed by atoms with Gasteiger partial charge < -0.3 is 14.6 Å². The molecule has 4 rings (SSSR count). The molecular formula is C27H25F3O5. The van der Waals surface area contributed by atoms with Gasteiger partial charge in [-0.15, -0.1) is 13.2 Å². The van der Waals surface area contributed by atoms with E-state index in [9.17, 15) is 27.9 Å². The smallest absolute Gasteiger partial charge is 0.487 e. The molecule has 35 heavy (non-hydrogen) atoms. The third kappa shape index (κ3) is 5.75. The Bertz CT molecular complexity index is 1210. The molecule has 3 aromatic carbocycles. The highest BCUT2D eigenvalue weighted by atomic mass is 19.4. The van der Waals surface area contributed by atoms with Crippen molar-refractivity contribution in [2.45, 2.75) is 51.5 Å². The van der Waals surface area contributed by atoms with Gasteiger partial charge in [-0.05, 0) is 48.4 Å². The first-order chi connectivity index (χ1) is 16.7. The second-order valence-electron chi connectivity index (χ2n) is 8.86. The molecular weight excluding hydrogens is 461 g/mol. The summed E-state index contributed by atoms with van der Waals surface area (Å²) in [7, 11) is 0. The number of benzene rings is 3. The van der Waals surface area contributed by atoms with Crippen LogP contribution in [-0.2, 0) is 11.4 Å². The third-order valence-corrected chi connectivity index (χ3v) is 6.57. The van der Waals surface area contributed by atoms with E-state index in [1.165, 1.54) is 24.3 Å². The normalized spacial score (nSPS) is 15.2. The molecule has 1 aliphatic carbocycles. The number of halogens is 3. The van der Waals surface area contributed by atoms with Crippen LogP contribution in [-0.4, -0.2) is 23.2 Å². The number of fused-ring (bicyclic) bond motifs is 1. The van der Waals surface area contributed by atoms with Crippen LogP contribution in [0.25, 0.3) is 10.8 Å². The summed E-state index contributed by atoms with van der Waals surface area (Å²) in [6.45, 7) is 0.0274. The van der Waals surface area contributed by atoms with Gasteiger partial charge in [-0.1, -0.05) is 55.3 Å². The number of alkyl halides is 3. The molecule has 0 aliphatic heterocycles. The molecule has 0 heterocycles. The maximum absolute atomic E-state index is 13.2. The molecule has 1 aliphatic rings. The van der Waals surface area contributed by atoms with Crippen LogP contribution in [0.4, 0.5) is 13.2 Å². The Morgan fingerprint density at radius 3 is 2.29 bits per heavy atom. The molecule has 8 heteroatoms. The minimum atomic E-state index is -4.77. The highest BCUT2D eigenvalue weighted by Crippen LogP contribution is 2.43. The summed E-state index contributed by atoms with van der Waals surface area (Å²) in [5.41, 5.74) is 0.106. The van der Waals surface area contributed by atoms with Crippen molar-refractivity contribution < 1.29 is 37.3 Å². The summed E-state index contributed by atoms with van der Waals surface area (Å²) < 4.78 is 47.1. The van der Waals surface area contributed by atoms with Crippen LogP contribution in [0.3, 0.4) is 0 Å². The predicted molar refractivity (Wildman–Crippen MR) is 124 cm³/mol. The van der Waals surface area contributed by atoms with Gasteiger partial charge in [0.1, 0.15) is 18.1 Å². The Kier molecular flexibility index (Phi) is 7.00. The molecule has 1 saturated carbocycles. The maximum Gasteiger partial charge on any atom is 0.573 e. The van der Waals surface area contributed by atoms with Crippen molar-refractivity contribution >= 4 is 22.5 Å². The van der Waals surface area contributed by atoms with E-state index >= 15 is 0 Å². The highest BCUT2D eigenvalue weighted by Gasteiger charge is 2.41. The number of carbonyl (C=O) groups excluding carboxylic acids is 1. The average molecular weight is 486 g/mol. The Labute approximate surface area is 200 Å². The van der Waals surface area contributed by atoms with Crippen molar-refractivity contribution in [3.63, 3.8) is 0 Å². The van der Waals surface area contributed by atoms with E-state index in [1.807, 2.05) is 30.3 Å². The van der Waals surface area contributed by atoms with E-state index in [0.29, 0.717) is 29.7 Å². The lowest BCUT2D eigenvalue weighted by atomic mass is 9.80. The number of Topliss-reactive ketones (excluding diaryl/α,β-unsaturated/α-hetero) is 1. The topological polar surface area (TPSA) is 72.8 Å². The van der Waals surface area contributed by atoms with Gasteiger partial charge in [-0.25, -0.2) is 0 Å². The quantitative estimate of drug-likeness (QED) is 0.332. The van der Waals surface area contributed by atoms with Crippen LogP contribution in [0, 0.1) is 5.41 Å². The van der Waals surface area contributed by atoms with Gasteiger partial charge in [0.25, 0.3) is 0 Å². The van der Waals surface area contributed by atoms with Crippen molar-refractivity contribution in [2.24, 2.45) is 5.41 Å².